The average molecular weight is 891 g/mol. The van der Waals surface area contributed by atoms with Crippen LogP contribution in [0.4, 0.5) is 10.5 Å². The third kappa shape index (κ3) is 15.2. The number of hydrogen-bond donors (Lipinski definition) is 4. The van der Waals surface area contributed by atoms with Gasteiger partial charge in [0.25, 0.3) is 0 Å². The molecule has 5 aromatic rings. The molecule has 0 saturated carbocycles. The number of likely N-dealkylation sites (N-methyl/N-ethyl adjacent to an activating group) is 1. The highest BCUT2D eigenvalue weighted by Crippen LogP contribution is 2.55. The van der Waals surface area contributed by atoms with Gasteiger partial charge in [-0.1, -0.05) is 138 Å². The molecular formula is C53H69N3O7P+. The van der Waals surface area contributed by atoms with Crippen LogP contribution in [0.1, 0.15) is 96.0 Å². The van der Waals surface area contributed by atoms with Crippen molar-refractivity contribution >= 4 is 51.8 Å². The lowest BCUT2D eigenvalue weighted by Crippen LogP contribution is -2.45. The van der Waals surface area contributed by atoms with Gasteiger partial charge in [0.2, 0.25) is 5.91 Å². The molecule has 0 spiro atoms. The van der Waals surface area contributed by atoms with Crippen LogP contribution in [-0.4, -0.2) is 67.3 Å². The number of ether oxygens (including phenoxy) is 1. The van der Waals surface area contributed by atoms with Crippen molar-refractivity contribution in [2.75, 3.05) is 37.8 Å². The van der Waals surface area contributed by atoms with Crippen molar-refractivity contribution in [1.29, 1.82) is 0 Å². The minimum atomic E-state index is -2.01. The van der Waals surface area contributed by atoms with Gasteiger partial charge in [-0.3, -0.25) is 4.79 Å². The Morgan fingerprint density at radius 2 is 1.33 bits per heavy atom. The van der Waals surface area contributed by atoms with Crippen LogP contribution in [0, 0.1) is 0 Å². The standard InChI is InChI=1S/C53H68N3O7P/c1-3-4-5-6-7-8-9-10-11-12-13-14-24-32-49(58)48(40-57)55-53(61)62-41-42-37-52(60)63-50-38-43(33-34-47(42)50)56(2)39-51(59)54-35-25-36-64(44-26-18-15-19-27-44,45-28-20-16-21-29-45)46-30-22-17-23-31-46/h15-24,26-34,37-38,48-49,57-58H,3-14,25,35-36,39-41H2,1-2H3,(H-,54,55,59,61)/p+1/b32-24+/t48-,49+/m1/s1. The first-order valence-electron chi connectivity index (χ1n) is 23.2. The van der Waals surface area contributed by atoms with Crippen molar-refractivity contribution < 1.29 is 29.0 Å². The van der Waals surface area contributed by atoms with Gasteiger partial charge in [-0.2, -0.15) is 0 Å². The van der Waals surface area contributed by atoms with E-state index in [4.69, 9.17) is 9.15 Å². The second kappa shape index (κ2) is 27.1. The number of aliphatic hydroxyl groups excluding tert-OH is 2. The van der Waals surface area contributed by atoms with Gasteiger partial charge in [0.05, 0.1) is 31.5 Å². The second-order valence-electron chi connectivity index (χ2n) is 16.6. The number of rotatable bonds is 28. The van der Waals surface area contributed by atoms with Gasteiger partial charge >= 0.3 is 11.7 Å². The van der Waals surface area contributed by atoms with Crippen LogP contribution in [-0.2, 0) is 16.1 Å². The molecule has 2 amide bonds. The smallest absolute Gasteiger partial charge is 0.407 e. The molecule has 11 heteroatoms. The zero-order valence-electron chi connectivity index (χ0n) is 37.8. The number of carbonyl (C=O) groups is 2. The van der Waals surface area contributed by atoms with E-state index in [0.717, 1.165) is 31.8 Å². The summed E-state index contributed by atoms with van der Waals surface area (Å²) in [5, 5.41) is 30.6. The number of nitrogens with zero attached hydrogens (tertiary/aromatic N) is 1. The lowest BCUT2D eigenvalue weighted by atomic mass is 10.0. The Morgan fingerprint density at radius 3 is 1.89 bits per heavy atom. The summed E-state index contributed by atoms with van der Waals surface area (Å²) in [7, 11) is -0.209. The Hall–Kier alpha value is -5.28. The van der Waals surface area contributed by atoms with Crippen LogP contribution in [0.25, 0.3) is 11.0 Å². The predicted octanol–water partition coefficient (Wildman–Crippen LogP) is 8.93. The van der Waals surface area contributed by atoms with E-state index >= 15 is 0 Å². The number of amides is 2. The number of hydrogen-bond acceptors (Lipinski definition) is 8. The summed E-state index contributed by atoms with van der Waals surface area (Å²) < 4.78 is 11.0. The molecule has 4 aromatic carbocycles. The molecule has 2 atom stereocenters. The lowest BCUT2D eigenvalue weighted by Gasteiger charge is -2.28. The molecule has 0 unspecified atom stereocenters. The Morgan fingerprint density at radius 1 is 0.766 bits per heavy atom. The summed E-state index contributed by atoms with van der Waals surface area (Å²) in [4.78, 5) is 40.4. The van der Waals surface area contributed by atoms with E-state index < -0.39 is 37.7 Å². The number of carbonyl (C=O) groups excluding carboxylic acids is 2. The largest absolute Gasteiger partial charge is 0.445 e. The fourth-order valence-electron chi connectivity index (χ4n) is 8.24. The summed E-state index contributed by atoms with van der Waals surface area (Å²) >= 11 is 0. The fourth-order valence-corrected chi connectivity index (χ4v) is 12.6. The highest BCUT2D eigenvalue weighted by atomic mass is 31.2. The molecule has 0 aliphatic rings. The normalized spacial score (nSPS) is 12.6. The second-order valence-corrected chi connectivity index (χ2v) is 20.2. The Bertz CT molecular complexity index is 2120. The Labute approximate surface area is 380 Å². The van der Waals surface area contributed by atoms with Gasteiger partial charge in [0.1, 0.15) is 35.4 Å². The molecule has 5 rings (SSSR count). The number of allylic oxidation sites excluding steroid dienone is 1. The summed E-state index contributed by atoms with van der Waals surface area (Å²) in [6.45, 7) is 2.12. The van der Waals surface area contributed by atoms with E-state index in [1.165, 1.54) is 79.8 Å². The molecule has 342 valence electrons. The van der Waals surface area contributed by atoms with Crippen molar-refractivity contribution in [2.45, 2.75) is 109 Å². The number of aliphatic hydroxyl groups is 2. The van der Waals surface area contributed by atoms with E-state index in [9.17, 15) is 24.6 Å². The zero-order chi connectivity index (χ0) is 45.4. The van der Waals surface area contributed by atoms with Crippen molar-refractivity contribution in [1.82, 2.24) is 10.6 Å². The van der Waals surface area contributed by atoms with E-state index in [1.807, 2.05) is 30.3 Å². The van der Waals surface area contributed by atoms with Crippen molar-refractivity contribution in [3.63, 3.8) is 0 Å². The quantitative estimate of drug-likeness (QED) is 0.0169. The number of alkyl carbamates (subject to hydrolysis) is 1. The molecular weight excluding hydrogens is 822 g/mol. The third-order valence-corrected chi connectivity index (χ3v) is 16.3. The first-order valence-corrected chi connectivity index (χ1v) is 25.2. The maximum Gasteiger partial charge on any atom is 0.407 e. The monoisotopic (exact) mass is 890 g/mol. The van der Waals surface area contributed by atoms with Crippen molar-refractivity contribution in [2.24, 2.45) is 0 Å². The molecule has 0 saturated heterocycles. The Kier molecular flexibility index (Phi) is 21.1. The van der Waals surface area contributed by atoms with Gasteiger partial charge in [-0.25, -0.2) is 9.59 Å². The summed E-state index contributed by atoms with van der Waals surface area (Å²) in [5.41, 5.74) is 0.767. The topological polar surface area (TPSA) is 141 Å². The van der Waals surface area contributed by atoms with Gasteiger partial charge in [-0.15, -0.1) is 0 Å². The van der Waals surface area contributed by atoms with Gasteiger partial charge < -0.3 is 34.9 Å². The zero-order valence-corrected chi connectivity index (χ0v) is 38.7. The minimum absolute atomic E-state index is 0.0848. The number of nitrogens with one attached hydrogen (secondary N) is 2. The van der Waals surface area contributed by atoms with Gasteiger partial charge in [-0.05, 0) is 67.8 Å². The number of anilines is 1. The van der Waals surface area contributed by atoms with Crippen LogP contribution in [0.2, 0.25) is 0 Å². The molecule has 64 heavy (non-hydrogen) atoms. The SMILES string of the molecule is CCCCCCCCCCCCC/C=C/[C@H](O)[C@@H](CO)NC(=O)OCc1cc(=O)oc2cc(N(C)CC(=O)NCCC[P+](c3ccccc3)(c3ccccc3)c3ccccc3)ccc12. The van der Waals surface area contributed by atoms with Crippen LogP contribution < -0.4 is 37.1 Å². The number of benzene rings is 4. The van der Waals surface area contributed by atoms with E-state index in [0.29, 0.717) is 23.2 Å². The molecule has 1 heterocycles. The minimum Gasteiger partial charge on any atom is -0.445 e. The van der Waals surface area contributed by atoms with Crippen molar-refractivity contribution in [3.8, 4) is 0 Å². The van der Waals surface area contributed by atoms with E-state index in [1.54, 1.807) is 30.2 Å². The molecule has 10 nitrogen and oxygen atoms in total. The molecule has 0 radical (unpaired) electrons. The van der Waals surface area contributed by atoms with Crippen LogP contribution in [0.3, 0.4) is 0 Å². The Balaban J connectivity index is 1.08. The fraction of sp³-hybridized carbons (Fsp3) is 0.415. The molecule has 0 fully saturated rings. The van der Waals surface area contributed by atoms with E-state index in [-0.39, 0.29) is 24.6 Å². The third-order valence-electron chi connectivity index (χ3n) is 11.8. The highest BCUT2D eigenvalue weighted by Gasteiger charge is 2.44. The highest BCUT2D eigenvalue weighted by molar-refractivity contribution is 7.95. The molecule has 0 aliphatic carbocycles. The van der Waals surface area contributed by atoms with Crippen LogP contribution in [0.5, 0.6) is 0 Å². The first-order chi connectivity index (χ1) is 31.2. The number of unbranched alkanes of at least 4 members (excludes halogenated alkanes) is 11. The van der Waals surface area contributed by atoms with E-state index in [2.05, 4.69) is 90.4 Å². The van der Waals surface area contributed by atoms with Crippen LogP contribution in [0.15, 0.2) is 137 Å². The maximum absolute atomic E-state index is 13.3. The number of fused-ring (bicyclic) bond motifs is 1. The molecule has 1 aromatic heterocycles. The average Bonchev–Trinajstić information content (AvgIpc) is 3.32. The van der Waals surface area contributed by atoms with Crippen molar-refractivity contribution in [3.05, 3.63) is 143 Å². The molecule has 0 aliphatic heterocycles. The van der Waals surface area contributed by atoms with Crippen LogP contribution >= 0.6 is 7.26 Å². The maximum atomic E-state index is 13.3. The predicted molar refractivity (Wildman–Crippen MR) is 264 cm³/mol. The summed E-state index contributed by atoms with van der Waals surface area (Å²) in [5.74, 6) is -0.133. The summed E-state index contributed by atoms with van der Waals surface area (Å²) in [6, 6.07) is 37.6. The first kappa shape index (κ1) is 49.7. The molecule has 4 N–H and O–H groups in total. The lowest BCUT2D eigenvalue weighted by molar-refractivity contribution is -0.119. The van der Waals surface area contributed by atoms with Gasteiger partial charge in [0.15, 0.2) is 0 Å². The molecule has 0 bridgehead atoms. The van der Waals surface area contributed by atoms with Gasteiger partial charge in [0, 0.05) is 42.4 Å². The summed E-state index contributed by atoms with van der Waals surface area (Å²) in [6.07, 6.45) is 17.9.